The summed E-state index contributed by atoms with van der Waals surface area (Å²) in [6.07, 6.45) is -0.0194. The Bertz CT molecular complexity index is 565. The third-order valence-corrected chi connectivity index (χ3v) is 3.94. The number of hydrogen-bond donors (Lipinski definition) is 0. The van der Waals surface area contributed by atoms with E-state index in [1.54, 1.807) is 7.11 Å². The smallest absolute Gasteiger partial charge is 0.316 e. The third kappa shape index (κ3) is 1.54. The van der Waals surface area contributed by atoms with Gasteiger partial charge in [-0.15, -0.1) is 0 Å². The molecule has 1 aliphatic carbocycles. The Morgan fingerprint density at radius 1 is 1.37 bits per heavy atom. The third-order valence-electron chi connectivity index (χ3n) is 3.94. The minimum absolute atomic E-state index is 0.0708. The largest absolute Gasteiger partial charge is 0.497 e. The molecular weight excluding hydrogens is 248 g/mol. The van der Waals surface area contributed by atoms with Gasteiger partial charge in [0, 0.05) is 5.56 Å². The summed E-state index contributed by atoms with van der Waals surface area (Å²) in [7, 11) is 2.91. The highest BCUT2D eigenvalue weighted by atomic mass is 16.6. The second kappa shape index (κ2) is 3.98. The lowest BCUT2D eigenvalue weighted by Crippen LogP contribution is -2.33. The summed E-state index contributed by atoms with van der Waals surface area (Å²) in [6.45, 7) is 0. The van der Waals surface area contributed by atoms with Gasteiger partial charge in [-0.05, 0) is 24.1 Å². The standard InChI is InChI=1S/C14H14O5/c1-17-9-4-3-8-6-14(13(16)18-2)7-11(15)19-12(14)10(8)5-9/h3-5,12H,6-7H2,1-2H3. The summed E-state index contributed by atoms with van der Waals surface area (Å²) in [5.41, 5.74) is 0.944. The van der Waals surface area contributed by atoms with Gasteiger partial charge in [-0.3, -0.25) is 9.59 Å². The number of carbonyl (C=O) groups is 2. The van der Waals surface area contributed by atoms with Gasteiger partial charge in [0.25, 0.3) is 0 Å². The van der Waals surface area contributed by atoms with Crippen LogP contribution in [0, 0.1) is 5.41 Å². The molecule has 1 saturated heterocycles. The van der Waals surface area contributed by atoms with Crippen molar-refractivity contribution in [3.05, 3.63) is 29.3 Å². The van der Waals surface area contributed by atoms with E-state index in [-0.39, 0.29) is 12.4 Å². The summed E-state index contributed by atoms with van der Waals surface area (Å²) < 4.78 is 15.4. The van der Waals surface area contributed by atoms with Crippen molar-refractivity contribution < 1.29 is 23.8 Å². The van der Waals surface area contributed by atoms with E-state index in [4.69, 9.17) is 14.2 Å². The van der Waals surface area contributed by atoms with Crippen LogP contribution in [0.1, 0.15) is 23.7 Å². The van der Waals surface area contributed by atoms with Crippen molar-refractivity contribution in [3.8, 4) is 5.75 Å². The van der Waals surface area contributed by atoms with Crippen LogP contribution in [0.4, 0.5) is 0 Å². The number of fused-ring (bicyclic) bond motifs is 3. The van der Waals surface area contributed by atoms with Crippen molar-refractivity contribution in [3.63, 3.8) is 0 Å². The fourth-order valence-corrected chi connectivity index (χ4v) is 3.05. The molecule has 100 valence electrons. The van der Waals surface area contributed by atoms with Gasteiger partial charge < -0.3 is 14.2 Å². The van der Waals surface area contributed by atoms with E-state index in [1.807, 2.05) is 18.2 Å². The number of hydrogen-bond acceptors (Lipinski definition) is 5. The number of ether oxygens (including phenoxy) is 3. The normalized spacial score (nSPS) is 27.5. The summed E-state index contributed by atoms with van der Waals surface area (Å²) in [6, 6.07) is 5.57. The van der Waals surface area contributed by atoms with Crippen LogP contribution in [-0.2, 0) is 25.5 Å². The predicted molar refractivity (Wildman–Crippen MR) is 64.6 cm³/mol. The van der Waals surface area contributed by atoms with Crippen LogP contribution < -0.4 is 4.74 Å². The Labute approximate surface area is 110 Å². The first-order valence-electron chi connectivity index (χ1n) is 6.05. The first-order chi connectivity index (χ1) is 9.10. The average Bonchev–Trinajstić information content (AvgIpc) is 2.89. The van der Waals surface area contributed by atoms with Crippen molar-refractivity contribution in [1.82, 2.24) is 0 Å². The monoisotopic (exact) mass is 262 g/mol. The average molecular weight is 262 g/mol. The van der Waals surface area contributed by atoms with E-state index < -0.39 is 17.5 Å². The van der Waals surface area contributed by atoms with Crippen molar-refractivity contribution in [2.75, 3.05) is 14.2 Å². The van der Waals surface area contributed by atoms with Gasteiger partial charge >= 0.3 is 11.9 Å². The number of carbonyl (C=O) groups excluding carboxylic acids is 2. The molecule has 3 rings (SSSR count). The molecular formula is C14H14O5. The highest BCUT2D eigenvalue weighted by Gasteiger charge is 2.60. The molecule has 19 heavy (non-hydrogen) atoms. The van der Waals surface area contributed by atoms with Crippen LogP contribution in [0.2, 0.25) is 0 Å². The second-order valence-corrected chi connectivity index (χ2v) is 4.94. The zero-order valence-electron chi connectivity index (χ0n) is 10.8. The van der Waals surface area contributed by atoms with Gasteiger partial charge in [-0.1, -0.05) is 6.07 Å². The zero-order valence-corrected chi connectivity index (χ0v) is 10.8. The summed E-state index contributed by atoms with van der Waals surface area (Å²) in [5.74, 6) is -0.0650. The lowest BCUT2D eigenvalue weighted by Gasteiger charge is -2.22. The molecule has 0 aromatic heterocycles. The van der Waals surface area contributed by atoms with Crippen molar-refractivity contribution >= 4 is 11.9 Å². The van der Waals surface area contributed by atoms with Crippen LogP contribution in [0.25, 0.3) is 0 Å². The number of rotatable bonds is 2. The molecule has 0 radical (unpaired) electrons. The molecule has 5 heteroatoms. The molecule has 2 aliphatic rings. The highest BCUT2D eigenvalue weighted by molar-refractivity contribution is 5.89. The topological polar surface area (TPSA) is 61.8 Å². The Morgan fingerprint density at radius 3 is 2.84 bits per heavy atom. The predicted octanol–water partition coefficient (Wildman–Crippen LogP) is 1.40. The molecule has 0 bridgehead atoms. The van der Waals surface area contributed by atoms with Gasteiger partial charge in [-0.25, -0.2) is 0 Å². The molecule has 1 aromatic rings. The summed E-state index contributed by atoms with van der Waals surface area (Å²) in [4.78, 5) is 23.7. The van der Waals surface area contributed by atoms with Crippen LogP contribution in [0.3, 0.4) is 0 Å². The number of benzene rings is 1. The summed E-state index contributed by atoms with van der Waals surface area (Å²) in [5, 5.41) is 0. The Kier molecular flexibility index (Phi) is 2.52. The van der Waals surface area contributed by atoms with Crippen LogP contribution >= 0.6 is 0 Å². The molecule has 5 nitrogen and oxygen atoms in total. The van der Waals surface area contributed by atoms with E-state index in [0.29, 0.717) is 12.2 Å². The van der Waals surface area contributed by atoms with Crippen molar-refractivity contribution in [1.29, 1.82) is 0 Å². The van der Waals surface area contributed by atoms with Crippen LogP contribution in [-0.4, -0.2) is 26.2 Å². The molecule has 0 spiro atoms. The lowest BCUT2D eigenvalue weighted by atomic mass is 9.81. The van der Waals surface area contributed by atoms with Gasteiger partial charge in [-0.2, -0.15) is 0 Å². The van der Waals surface area contributed by atoms with E-state index in [9.17, 15) is 9.59 Å². The molecule has 1 aliphatic heterocycles. The molecule has 1 heterocycles. The maximum absolute atomic E-state index is 12.1. The maximum atomic E-state index is 12.1. The summed E-state index contributed by atoms with van der Waals surface area (Å²) >= 11 is 0. The zero-order chi connectivity index (χ0) is 13.6. The first kappa shape index (κ1) is 12.0. The molecule has 1 aromatic carbocycles. The Hall–Kier alpha value is -2.04. The van der Waals surface area contributed by atoms with E-state index in [0.717, 1.165) is 11.1 Å². The molecule has 2 atom stereocenters. The van der Waals surface area contributed by atoms with Gasteiger partial charge in [0.2, 0.25) is 0 Å². The van der Waals surface area contributed by atoms with Crippen LogP contribution in [0.15, 0.2) is 18.2 Å². The fourth-order valence-electron chi connectivity index (χ4n) is 3.05. The van der Waals surface area contributed by atoms with E-state index >= 15 is 0 Å². The minimum Gasteiger partial charge on any atom is -0.497 e. The van der Waals surface area contributed by atoms with E-state index in [1.165, 1.54) is 7.11 Å². The SMILES string of the molecule is COC(=O)C12CC(=O)OC1c1cc(OC)ccc1C2. The quantitative estimate of drug-likeness (QED) is 0.754. The van der Waals surface area contributed by atoms with E-state index in [2.05, 4.69) is 0 Å². The second-order valence-electron chi connectivity index (χ2n) is 4.94. The Balaban J connectivity index is 2.09. The van der Waals surface area contributed by atoms with Crippen LogP contribution in [0.5, 0.6) is 5.75 Å². The van der Waals surface area contributed by atoms with Gasteiger partial charge in [0.1, 0.15) is 17.3 Å². The first-order valence-corrected chi connectivity index (χ1v) is 6.05. The Morgan fingerprint density at radius 2 is 2.16 bits per heavy atom. The molecule has 0 N–H and O–H groups in total. The highest BCUT2D eigenvalue weighted by Crippen LogP contribution is 2.55. The molecule has 0 saturated carbocycles. The van der Waals surface area contributed by atoms with Gasteiger partial charge in [0.15, 0.2) is 0 Å². The molecule has 0 amide bonds. The van der Waals surface area contributed by atoms with Gasteiger partial charge in [0.05, 0.1) is 20.6 Å². The molecule has 2 unspecified atom stereocenters. The van der Waals surface area contributed by atoms with Crippen molar-refractivity contribution in [2.24, 2.45) is 5.41 Å². The maximum Gasteiger partial charge on any atom is 0.316 e. The lowest BCUT2D eigenvalue weighted by molar-refractivity contribution is -0.155. The minimum atomic E-state index is -0.902. The fraction of sp³-hybridized carbons (Fsp3) is 0.429. The molecule has 1 fully saturated rings. The van der Waals surface area contributed by atoms with Crippen molar-refractivity contribution in [2.45, 2.75) is 18.9 Å². The number of methoxy groups -OCH3 is 2. The number of esters is 2.